The van der Waals surface area contributed by atoms with E-state index in [1.807, 2.05) is 0 Å². The van der Waals surface area contributed by atoms with Crippen LogP contribution < -0.4 is 0 Å². The normalized spacial score (nSPS) is 4.67. The monoisotopic (exact) mass is 272 g/mol. The summed E-state index contributed by atoms with van der Waals surface area (Å²) in [5, 5.41) is 0. The second kappa shape index (κ2) is 8.96. The second-order valence-electron chi connectivity index (χ2n) is 0.469. The summed E-state index contributed by atoms with van der Waals surface area (Å²) in [4.78, 5) is 0. The Bertz CT molecular complexity index is 36.8. The molecule has 0 aromatic heterocycles. The number of hydrogen-bond donors (Lipinski definition) is 0. The third-order valence-corrected chi connectivity index (χ3v) is 0.192. The van der Waals surface area contributed by atoms with Crippen molar-refractivity contribution in [2.75, 3.05) is 0 Å². The standard InChI is InChI=1S/C4H6O.Hg/c1-3-5-4-2;/h3-4H,1-2H2;. The zero-order chi connectivity index (χ0) is 4.12. The molecular weight excluding hydrogens is 265 g/mol. The van der Waals surface area contributed by atoms with Crippen LogP contribution in [0.5, 0.6) is 0 Å². The van der Waals surface area contributed by atoms with Crippen LogP contribution in [-0.4, -0.2) is 0 Å². The summed E-state index contributed by atoms with van der Waals surface area (Å²) in [6.45, 7) is 6.51. The van der Waals surface area contributed by atoms with E-state index in [0.717, 1.165) is 0 Å². The van der Waals surface area contributed by atoms with Gasteiger partial charge in [0.2, 0.25) is 0 Å². The molecule has 0 heterocycles. The Labute approximate surface area is 58.2 Å². The van der Waals surface area contributed by atoms with Crippen molar-refractivity contribution in [3.63, 3.8) is 0 Å². The molecule has 0 amide bonds. The van der Waals surface area contributed by atoms with Gasteiger partial charge in [0, 0.05) is 27.7 Å². The van der Waals surface area contributed by atoms with Crippen LogP contribution in [0.1, 0.15) is 0 Å². The van der Waals surface area contributed by atoms with Crippen molar-refractivity contribution in [3.05, 3.63) is 25.7 Å². The number of ether oxygens (including phenoxy) is 1. The summed E-state index contributed by atoms with van der Waals surface area (Å²) >= 11 is 0. The third-order valence-electron chi connectivity index (χ3n) is 0.192. The molecule has 0 aliphatic rings. The molecule has 0 bridgehead atoms. The molecule has 0 atom stereocenters. The van der Waals surface area contributed by atoms with E-state index < -0.39 is 0 Å². The first-order chi connectivity index (χ1) is 2.41. The van der Waals surface area contributed by atoms with Crippen LogP contribution in [0.3, 0.4) is 0 Å². The molecule has 0 unspecified atom stereocenters. The Morgan fingerprint density at radius 1 is 1.17 bits per heavy atom. The maximum absolute atomic E-state index is 4.36. The average Bonchev–Trinajstić information content (AvgIpc) is 1.41. The third kappa shape index (κ3) is 8.88. The SMILES string of the molecule is C=COC=C.[Hg]. The van der Waals surface area contributed by atoms with Gasteiger partial charge in [-0.25, -0.2) is 0 Å². The molecule has 0 aliphatic heterocycles. The van der Waals surface area contributed by atoms with Crippen LogP contribution in [0, 0.1) is 0 Å². The molecule has 0 aromatic carbocycles. The molecule has 0 saturated heterocycles. The van der Waals surface area contributed by atoms with Crippen molar-refractivity contribution >= 4 is 0 Å². The predicted octanol–water partition coefficient (Wildman–Crippen LogP) is 1.29. The van der Waals surface area contributed by atoms with E-state index in [-0.39, 0.29) is 27.7 Å². The fourth-order valence-electron chi connectivity index (χ4n) is 0.0680. The van der Waals surface area contributed by atoms with Gasteiger partial charge in [-0.1, -0.05) is 13.2 Å². The minimum atomic E-state index is 0. The van der Waals surface area contributed by atoms with Gasteiger partial charge in [-0.15, -0.1) is 0 Å². The van der Waals surface area contributed by atoms with E-state index in [2.05, 4.69) is 17.9 Å². The Balaban J connectivity index is 0. The molecule has 30 valence electrons. The topological polar surface area (TPSA) is 9.23 Å². The Kier molecular flexibility index (Phi) is 14.2. The van der Waals surface area contributed by atoms with Crippen molar-refractivity contribution in [2.24, 2.45) is 0 Å². The average molecular weight is 271 g/mol. The smallest absolute Gasteiger partial charge is 0.0829 e. The van der Waals surface area contributed by atoms with Crippen molar-refractivity contribution in [1.29, 1.82) is 0 Å². The largest absolute Gasteiger partial charge is 0.474 e. The molecule has 0 radical (unpaired) electrons. The van der Waals surface area contributed by atoms with Gasteiger partial charge in [-0.2, -0.15) is 0 Å². The van der Waals surface area contributed by atoms with Crippen LogP contribution in [0.15, 0.2) is 25.7 Å². The molecule has 0 spiro atoms. The maximum Gasteiger partial charge on any atom is 0.0829 e. The minimum absolute atomic E-state index is 0. The van der Waals surface area contributed by atoms with Gasteiger partial charge in [0.1, 0.15) is 0 Å². The molecule has 1 nitrogen and oxygen atoms in total. The zero-order valence-corrected chi connectivity index (χ0v) is 9.18. The van der Waals surface area contributed by atoms with Crippen LogP contribution >= 0.6 is 0 Å². The van der Waals surface area contributed by atoms with Crippen molar-refractivity contribution < 1.29 is 32.4 Å². The summed E-state index contributed by atoms with van der Waals surface area (Å²) < 4.78 is 4.36. The first-order valence-electron chi connectivity index (χ1n) is 1.29. The van der Waals surface area contributed by atoms with Crippen LogP contribution in [0.4, 0.5) is 0 Å². The maximum atomic E-state index is 4.36. The Morgan fingerprint density at radius 3 is 1.50 bits per heavy atom. The molecule has 6 heavy (non-hydrogen) atoms. The van der Waals surface area contributed by atoms with Crippen LogP contribution in [0.2, 0.25) is 0 Å². The molecule has 0 N–H and O–H groups in total. The first kappa shape index (κ1) is 9.51. The molecule has 0 aromatic rings. The quantitative estimate of drug-likeness (QED) is 0.543. The van der Waals surface area contributed by atoms with E-state index in [0.29, 0.717) is 0 Å². The van der Waals surface area contributed by atoms with Gasteiger partial charge in [0.25, 0.3) is 0 Å². The number of rotatable bonds is 2. The van der Waals surface area contributed by atoms with E-state index in [9.17, 15) is 0 Å². The van der Waals surface area contributed by atoms with Gasteiger partial charge in [-0.3, -0.25) is 0 Å². The minimum Gasteiger partial charge on any atom is -0.474 e. The summed E-state index contributed by atoms with van der Waals surface area (Å²) in [7, 11) is 0. The van der Waals surface area contributed by atoms with Gasteiger partial charge < -0.3 is 4.74 Å². The molecule has 2 heteroatoms. The summed E-state index contributed by atoms with van der Waals surface area (Å²) in [6.07, 6.45) is 2.62. The zero-order valence-electron chi connectivity index (χ0n) is 3.68. The Morgan fingerprint density at radius 2 is 1.50 bits per heavy atom. The van der Waals surface area contributed by atoms with E-state index in [1.54, 1.807) is 0 Å². The first-order valence-corrected chi connectivity index (χ1v) is 1.29. The predicted molar refractivity (Wildman–Crippen MR) is 21.5 cm³/mol. The van der Waals surface area contributed by atoms with Gasteiger partial charge in [0.05, 0.1) is 12.5 Å². The molecule has 0 fully saturated rings. The molecule has 0 rings (SSSR count). The summed E-state index contributed by atoms with van der Waals surface area (Å²) in [5.74, 6) is 0. The van der Waals surface area contributed by atoms with Gasteiger partial charge in [-0.05, 0) is 0 Å². The number of hydrogen-bond acceptors (Lipinski definition) is 1. The fraction of sp³-hybridized carbons (Fsp3) is 0. The van der Waals surface area contributed by atoms with Crippen molar-refractivity contribution in [2.45, 2.75) is 0 Å². The van der Waals surface area contributed by atoms with Crippen LogP contribution in [-0.2, 0) is 32.4 Å². The molecule has 0 aliphatic carbocycles. The fourth-order valence-corrected chi connectivity index (χ4v) is 0.0680. The van der Waals surface area contributed by atoms with E-state index >= 15 is 0 Å². The van der Waals surface area contributed by atoms with Crippen LogP contribution in [0.25, 0.3) is 0 Å². The Hall–Kier alpha value is 0.215. The summed E-state index contributed by atoms with van der Waals surface area (Å²) in [5.41, 5.74) is 0. The van der Waals surface area contributed by atoms with E-state index in [1.165, 1.54) is 12.5 Å². The second-order valence-corrected chi connectivity index (χ2v) is 0.469. The van der Waals surface area contributed by atoms with E-state index in [4.69, 9.17) is 0 Å². The summed E-state index contributed by atoms with van der Waals surface area (Å²) in [6, 6.07) is 0. The van der Waals surface area contributed by atoms with Crippen molar-refractivity contribution in [1.82, 2.24) is 0 Å². The van der Waals surface area contributed by atoms with Crippen molar-refractivity contribution in [3.8, 4) is 0 Å². The molecular formula is C4H6HgO. The van der Waals surface area contributed by atoms with Gasteiger partial charge >= 0.3 is 0 Å². The molecule has 0 saturated carbocycles. The van der Waals surface area contributed by atoms with Gasteiger partial charge in [0.15, 0.2) is 0 Å².